The van der Waals surface area contributed by atoms with Crippen molar-refractivity contribution in [2.45, 2.75) is 6.42 Å². The third kappa shape index (κ3) is 5.64. The fraction of sp³-hybridized carbons (Fsp3) is 0.350. The Labute approximate surface area is 168 Å². The van der Waals surface area contributed by atoms with Gasteiger partial charge in [0.25, 0.3) is 5.69 Å². The molecule has 1 heterocycles. The maximum Gasteiger partial charge on any atom is 0.319 e. The zero-order valence-corrected chi connectivity index (χ0v) is 16.1. The summed E-state index contributed by atoms with van der Waals surface area (Å²) in [6, 6.07) is 12.4. The van der Waals surface area contributed by atoms with Gasteiger partial charge in [0.1, 0.15) is 11.5 Å². The number of nitrogens with one attached hydrogen (secondary N) is 3. The molecule has 0 bridgehead atoms. The van der Waals surface area contributed by atoms with Gasteiger partial charge in [0.15, 0.2) is 0 Å². The van der Waals surface area contributed by atoms with Gasteiger partial charge >= 0.3 is 6.03 Å². The molecular formula is C20H25FN5O3+. The number of hydrogen-bond acceptors (Lipinski definition) is 4. The summed E-state index contributed by atoms with van der Waals surface area (Å²) in [5, 5.41) is 16.4. The zero-order chi connectivity index (χ0) is 20.6. The number of quaternary nitrogens is 1. The number of nitro benzene ring substituents is 1. The number of nitro groups is 1. The van der Waals surface area contributed by atoms with Crippen LogP contribution in [-0.2, 0) is 0 Å². The molecule has 0 radical (unpaired) electrons. The van der Waals surface area contributed by atoms with Crippen LogP contribution in [0.15, 0.2) is 48.5 Å². The fourth-order valence-electron chi connectivity index (χ4n) is 3.47. The van der Waals surface area contributed by atoms with E-state index in [4.69, 9.17) is 0 Å². The number of para-hydroxylation sites is 3. The van der Waals surface area contributed by atoms with Crippen molar-refractivity contribution < 1.29 is 19.0 Å². The number of carbonyl (C=O) groups excluding carboxylic acids is 1. The largest absolute Gasteiger partial charge is 0.355 e. The van der Waals surface area contributed by atoms with Gasteiger partial charge in [-0.2, -0.15) is 0 Å². The molecule has 2 aromatic carbocycles. The fourth-order valence-corrected chi connectivity index (χ4v) is 3.47. The van der Waals surface area contributed by atoms with Crippen LogP contribution in [0, 0.1) is 15.9 Å². The van der Waals surface area contributed by atoms with E-state index in [1.165, 1.54) is 23.1 Å². The van der Waals surface area contributed by atoms with E-state index in [2.05, 4.69) is 15.5 Å². The zero-order valence-electron chi connectivity index (χ0n) is 16.1. The summed E-state index contributed by atoms with van der Waals surface area (Å²) in [4.78, 5) is 26.2. The Morgan fingerprint density at radius 3 is 2.55 bits per heavy atom. The standard InChI is InChI=1S/C20H24FN5O3/c21-16-6-1-2-7-17(16)23-20(27)22-10-5-11-24-12-14-25(15-13-24)18-8-3-4-9-19(18)26(28)29/h1-4,6-9H,5,10-15H2,(H2,22,23,27)/p+1. The second kappa shape index (κ2) is 9.83. The molecule has 2 aromatic rings. The van der Waals surface area contributed by atoms with Crippen LogP contribution in [0.25, 0.3) is 0 Å². The van der Waals surface area contributed by atoms with Gasteiger partial charge in [0, 0.05) is 19.0 Å². The van der Waals surface area contributed by atoms with E-state index < -0.39 is 11.8 Å². The van der Waals surface area contributed by atoms with Gasteiger partial charge < -0.3 is 20.4 Å². The van der Waals surface area contributed by atoms with E-state index >= 15 is 0 Å². The second-order valence-electron chi connectivity index (χ2n) is 6.95. The minimum absolute atomic E-state index is 0.140. The minimum Gasteiger partial charge on any atom is -0.355 e. The van der Waals surface area contributed by atoms with Gasteiger partial charge in [-0.1, -0.05) is 24.3 Å². The van der Waals surface area contributed by atoms with Crippen LogP contribution in [0.5, 0.6) is 0 Å². The molecule has 0 aromatic heterocycles. The first kappa shape index (κ1) is 20.5. The van der Waals surface area contributed by atoms with Gasteiger partial charge in [-0.15, -0.1) is 0 Å². The van der Waals surface area contributed by atoms with Crippen molar-refractivity contribution in [3.05, 3.63) is 64.5 Å². The number of urea groups is 1. The summed E-state index contributed by atoms with van der Waals surface area (Å²) in [6.07, 6.45) is 0.797. The average Bonchev–Trinajstić information content (AvgIpc) is 2.73. The Hall–Kier alpha value is -3.20. The van der Waals surface area contributed by atoms with Crippen LogP contribution in [-0.4, -0.2) is 50.2 Å². The van der Waals surface area contributed by atoms with Crippen molar-refractivity contribution in [3.8, 4) is 0 Å². The van der Waals surface area contributed by atoms with Gasteiger partial charge in [0.05, 0.1) is 43.3 Å². The number of hydrogen-bond donors (Lipinski definition) is 3. The Bertz CT molecular complexity index is 856. The summed E-state index contributed by atoms with van der Waals surface area (Å²) >= 11 is 0. The van der Waals surface area contributed by atoms with E-state index in [9.17, 15) is 19.3 Å². The van der Waals surface area contributed by atoms with Crippen molar-refractivity contribution in [1.29, 1.82) is 0 Å². The predicted molar refractivity (Wildman–Crippen MR) is 109 cm³/mol. The number of piperazine rings is 1. The molecule has 0 aliphatic carbocycles. The molecule has 0 spiro atoms. The molecule has 29 heavy (non-hydrogen) atoms. The lowest BCUT2D eigenvalue weighted by molar-refractivity contribution is -0.900. The lowest BCUT2D eigenvalue weighted by atomic mass is 10.2. The van der Waals surface area contributed by atoms with Gasteiger partial charge in [0.2, 0.25) is 0 Å². The van der Waals surface area contributed by atoms with E-state index in [-0.39, 0.29) is 16.3 Å². The van der Waals surface area contributed by atoms with Crippen LogP contribution >= 0.6 is 0 Å². The molecule has 9 heteroatoms. The van der Waals surface area contributed by atoms with E-state index in [1.807, 2.05) is 6.07 Å². The van der Waals surface area contributed by atoms with Crippen LogP contribution in [0.3, 0.4) is 0 Å². The first-order chi connectivity index (χ1) is 14.0. The number of rotatable bonds is 7. The van der Waals surface area contributed by atoms with E-state index in [1.54, 1.807) is 24.3 Å². The molecule has 1 fully saturated rings. The lowest BCUT2D eigenvalue weighted by Gasteiger charge is -2.33. The number of anilines is 2. The van der Waals surface area contributed by atoms with Crippen LogP contribution in [0.4, 0.5) is 26.2 Å². The monoisotopic (exact) mass is 402 g/mol. The highest BCUT2D eigenvalue weighted by Crippen LogP contribution is 2.27. The summed E-state index contributed by atoms with van der Waals surface area (Å²) in [5.41, 5.74) is 0.964. The third-order valence-corrected chi connectivity index (χ3v) is 5.00. The minimum atomic E-state index is -0.469. The van der Waals surface area contributed by atoms with Crippen molar-refractivity contribution in [2.24, 2.45) is 0 Å². The molecule has 0 unspecified atom stereocenters. The molecule has 3 N–H and O–H groups in total. The van der Waals surface area contributed by atoms with Gasteiger partial charge in [-0.25, -0.2) is 9.18 Å². The van der Waals surface area contributed by atoms with Crippen molar-refractivity contribution in [1.82, 2.24) is 5.32 Å². The molecule has 0 saturated carbocycles. The normalized spacial score (nSPS) is 14.4. The lowest BCUT2D eigenvalue weighted by Crippen LogP contribution is -3.15. The summed E-state index contributed by atoms with van der Waals surface area (Å²) in [7, 11) is 0. The highest BCUT2D eigenvalue weighted by molar-refractivity contribution is 5.89. The number of carbonyl (C=O) groups is 1. The van der Waals surface area contributed by atoms with Crippen LogP contribution in [0.2, 0.25) is 0 Å². The molecule has 8 nitrogen and oxygen atoms in total. The second-order valence-corrected chi connectivity index (χ2v) is 6.95. The first-order valence-corrected chi connectivity index (χ1v) is 9.66. The van der Waals surface area contributed by atoms with Gasteiger partial charge in [-0.05, 0) is 18.2 Å². The molecule has 3 rings (SSSR count). The summed E-state index contributed by atoms with van der Waals surface area (Å²) in [5.74, 6) is -0.469. The van der Waals surface area contributed by atoms with E-state index in [0.29, 0.717) is 12.2 Å². The van der Waals surface area contributed by atoms with Crippen molar-refractivity contribution in [3.63, 3.8) is 0 Å². The van der Waals surface area contributed by atoms with Crippen molar-refractivity contribution >= 4 is 23.1 Å². The number of benzene rings is 2. The van der Waals surface area contributed by atoms with Crippen LogP contribution < -0.4 is 20.4 Å². The van der Waals surface area contributed by atoms with Crippen LogP contribution in [0.1, 0.15) is 6.42 Å². The molecule has 1 saturated heterocycles. The smallest absolute Gasteiger partial charge is 0.319 e. The third-order valence-electron chi connectivity index (χ3n) is 5.00. The van der Waals surface area contributed by atoms with Crippen molar-refractivity contribution in [2.75, 3.05) is 49.5 Å². The summed E-state index contributed by atoms with van der Waals surface area (Å²) in [6.45, 7) is 4.66. The topological polar surface area (TPSA) is 92.0 Å². The quantitative estimate of drug-likeness (QED) is 0.373. The Kier molecular flexibility index (Phi) is 6.96. The molecular weight excluding hydrogens is 377 g/mol. The highest BCUT2D eigenvalue weighted by Gasteiger charge is 2.24. The number of amides is 2. The molecule has 0 atom stereocenters. The molecule has 1 aliphatic rings. The predicted octanol–water partition coefficient (Wildman–Crippen LogP) is 1.65. The molecule has 1 aliphatic heterocycles. The summed E-state index contributed by atoms with van der Waals surface area (Å²) < 4.78 is 13.5. The average molecular weight is 402 g/mol. The molecule has 2 amide bonds. The first-order valence-electron chi connectivity index (χ1n) is 9.66. The SMILES string of the molecule is O=C(NCCC[NH+]1CCN(c2ccccc2[N+](=O)[O-])CC1)Nc1ccccc1F. The number of nitrogens with zero attached hydrogens (tertiary/aromatic N) is 2. The molecule has 154 valence electrons. The maximum absolute atomic E-state index is 13.5. The Morgan fingerprint density at radius 2 is 1.83 bits per heavy atom. The van der Waals surface area contributed by atoms with E-state index in [0.717, 1.165) is 39.1 Å². The maximum atomic E-state index is 13.5. The van der Waals surface area contributed by atoms with Gasteiger partial charge in [-0.3, -0.25) is 10.1 Å². The number of halogens is 1. The Morgan fingerprint density at radius 1 is 1.14 bits per heavy atom. The highest BCUT2D eigenvalue weighted by atomic mass is 19.1. The Balaban J connectivity index is 1.37.